The lowest BCUT2D eigenvalue weighted by molar-refractivity contribution is 0.102. The van der Waals surface area contributed by atoms with Gasteiger partial charge >= 0.3 is 0 Å². The zero-order chi connectivity index (χ0) is 17.2. The fourth-order valence-electron chi connectivity index (χ4n) is 2.63. The Morgan fingerprint density at radius 3 is 2.88 bits per heavy atom. The van der Waals surface area contributed by atoms with E-state index >= 15 is 0 Å². The van der Waals surface area contributed by atoms with E-state index in [1.165, 1.54) is 6.33 Å². The zero-order valence-electron chi connectivity index (χ0n) is 12.9. The molecule has 0 spiro atoms. The Kier molecular flexibility index (Phi) is 3.99. The van der Waals surface area contributed by atoms with Gasteiger partial charge in [0, 0.05) is 21.6 Å². The van der Waals surface area contributed by atoms with Crippen molar-refractivity contribution in [3.05, 3.63) is 77.4 Å². The number of hydrogen-bond acceptors (Lipinski definition) is 4. The molecule has 0 aliphatic heterocycles. The first-order valence-corrected chi connectivity index (χ1v) is 8.31. The number of carbonyl (C=O) groups is 1. The summed E-state index contributed by atoms with van der Waals surface area (Å²) in [6.45, 7) is 0. The first-order chi connectivity index (χ1) is 12.2. The standard InChI is InChI=1S/C18H12BrN5O/c19-12-6-7-17(24-11-20-10-22-24)16(9-12)23-18(25)14-3-1-5-15-13(14)4-2-8-21-15/h1-11H,(H,23,25). The molecule has 2 aromatic carbocycles. The van der Waals surface area contributed by atoms with Crippen molar-refractivity contribution in [2.45, 2.75) is 0 Å². The number of carbonyl (C=O) groups excluding carboxylic acids is 1. The fraction of sp³-hybridized carbons (Fsp3) is 0. The molecule has 0 aliphatic rings. The van der Waals surface area contributed by atoms with Gasteiger partial charge in [-0.3, -0.25) is 9.78 Å². The van der Waals surface area contributed by atoms with Crippen LogP contribution >= 0.6 is 15.9 Å². The first-order valence-electron chi connectivity index (χ1n) is 7.52. The Labute approximate surface area is 151 Å². The zero-order valence-corrected chi connectivity index (χ0v) is 14.5. The van der Waals surface area contributed by atoms with Crippen LogP contribution in [0.15, 0.2) is 71.9 Å². The molecule has 4 aromatic rings. The van der Waals surface area contributed by atoms with Crippen LogP contribution in [0.4, 0.5) is 5.69 Å². The van der Waals surface area contributed by atoms with Crippen molar-refractivity contribution in [3.8, 4) is 5.69 Å². The Bertz CT molecular complexity index is 1060. The normalized spacial score (nSPS) is 10.8. The average Bonchev–Trinajstić information content (AvgIpc) is 3.15. The van der Waals surface area contributed by atoms with Gasteiger partial charge in [-0.2, -0.15) is 5.10 Å². The highest BCUT2D eigenvalue weighted by Gasteiger charge is 2.14. The summed E-state index contributed by atoms with van der Waals surface area (Å²) >= 11 is 3.44. The molecule has 2 aromatic heterocycles. The van der Waals surface area contributed by atoms with Gasteiger partial charge in [-0.05, 0) is 36.4 Å². The van der Waals surface area contributed by atoms with E-state index in [4.69, 9.17) is 0 Å². The van der Waals surface area contributed by atoms with Crippen LogP contribution in [0.3, 0.4) is 0 Å². The van der Waals surface area contributed by atoms with E-state index in [-0.39, 0.29) is 5.91 Å². The van der Waals surface area contributed by atoms with Crippen LogP contribution in [-0.4, -0.2) is 25.7 Å². The summed E-state index contributed by atoms with van der Waals surface area (Å²) in [5.74, 6) is -0.210. The summed E-state index contributed by atoms with van der Waals surface area (Å²) in [6.07, 6.45) is 4.74. The van der Waals surface area contributed by atoms with Crippen molar-refractivity contribution in [2.24, 2.45) is 0 Å². The van der Waals surface area contributed by atoms with Crippen molar-refractivity contribution < 1.29 is 4.79 Å². The van der Waals surface area contributed by atoms with E-state index in [2.05, 4.69) is 36.3 Å². The number of nitrogens with one attached hydrogen (secondary N) is 1. The highest BCUT2D eigenvalue weighted by Crippen LogP contribution is 2.26. The number of pyridine rings is 1. The van der Waals surface area contributed by atoms with Gasteiger partial charge in [-0.15, -0.1) is 0 Å². The van der Waals surface area contributed by atoms with Crippen LogP contribution in [0.25, 0.3) is 16.6 Å². The molecule has 7 heteroatoms. The van der Waals surface area contributed by atoms with Gasteiger partial charge < -0.3 is 5.32 Å². The van der Waals surface area contributed by atoms with Crippen LogP contribution in [0.2, 0.25) is 0 Å². The van der Waals surface area contributed by atoms with E-state index in [9.17, 15) is 4.79 Å². The molecule has 0 aliphatic carbocycles. The van der Waals surface area contributed by atoms with Crippen molar-refractivity contribution in [2.75, 3.05) is 5.32 Å². The lowest BCUT2D eigenvalue weighted by atomic mass is 10.1. The summed E-state index contributed by atoms with van der Waals surface area (Å²) in [6, 6.07) is 14.8. The predicted molar refractivity (Wildman–Crippen MR) is 98.8 cm³/mol. The maximum absolute atomic E-state index is 12.9. The van der Waals surface area contributed by atoms with Crippen molar-refractivity contribution in [1.82, 2.24) is 19.7 Å². The highest BCUT2D eigenvalue weighted by molar-refractivity contribution is 9.10. The molecule has 1 N–H and O–H groups in total. The van der Waals surface area contributed by atoms with Gasteiger partial charge in [-0.1, -0.05) is 28.1 Å². The van der Waals surface area contributed by atoms with Gasteiger partial charge in [0.15, 0.2) is 0 Å². The minimum atomic E-state index is -0.210. The lowest BCUT2D eigenvalue weighted by Crippen LogP contribution is -2.14. The SMILES string of the molecule is O=C(Nc1cc(Br)ccc1-n1cncn1)c1cccc2ncccc12. The minimum Gasteiger partial charge on any atom is -0.320 e. The van der Waals surface area contributed by atoms with Crippen molar-refractivity contribution >= 4 is 38.4 Å². The van der Waals surface area contributed by atoms with E-state index in [0.717, 1.165) is 21.1 Å². The number of aromatic nitrogens is 4. The fourth-order valence-corrected chi connectivity index (χ4v) is 2.99. The van der Waals surface area contributed by atoms with E-state index < -0.39 is 0 Å². The molecule has 0 fully saturated rings. The van der Waals surface area contributed by atoms with Crippen molar-refractivity contribution in [1.29, 1.82) is 0 Å². The molecule has 0 unspecified atom stereocenters. The number of rotatable bonds is 3. The molecule has 4 rings (SSSR count). The molecule has 0 radical (unpaired) electrons. The second kappa shape index (κ2) is 6.45. The molecule has 0 atom stereocenters. The Morgan fingerprint density at radius 2 is 2.04 bits per heavy atom. The molecule has 1 amide bonds. The largest absolute Gasteiger partial charge is 0.320 e. The number of hydrogen-bond donors (Lipinski definition) is 1. The van der Waals surface area contributed by atoms with Gasteiger partial charge in [0.1, 0.15) is 12.7 Å². The van der Waals surface area contributed by atoms with E-state index in [0.29, 0.717) is 11.3 Å². The number of anilines is 1. The van der Waals surface area contributed by atoms with Crippen LogP contribution in [-0.2, 0) is 0 Å². The van der Waals surface area contributed by atoms with Gasteiger partial charge in [0.05, 0.1) is 16.9 Å². The second-order valence-electron chi connectivity index (χ2n) is 5.33. The molecular weight excluding hydrogens is 382 g/mol. The summed E-state index contributed by atoms with van der Waals surface area (Å²) in [5.41, 5.74) is 2.70. The molecule has 0 saturated heterocycles. The molecule has 0 bridgehead atoms. The highest BCUT2D eigenvalue weighted by atomic mass is 79.9. The smallest absolute Gasteiger partial charge is 0.256 e. The number of nitrogens with zero attached hydrogens (tertiary/aromatic N) is 4. The molecule has 25 heavy (non-hydrogen) atoms. The van der Waals surface area contributed by atoms with Crippen LogP contribution in [0.5, 0.6) is 0 Å². The predicted octanol–water partition coefficient (Wildman–Crippen LogP) is 3.83. The summed E-state index contributed by atoms with van der Waals surface area (Å²) in [7, 11) is 0. The Morgan fingerprint density at radius 1 is 1.12 bits per heavy atom. The van der Waals surface area contributed by atoms with Crippen LogP contribution < -0.4 is 5.32 Å². The Balaban J connectivity index is 1.75. The molecule has 2 heterocycles. The van der Waals surface area contributed by atoms with Gasteiger partial charge in [-0.25, -0.2) is 9.67 Å². The third-order valence-electron chi connectivity index (χ3n) is 3.76. The van der Waals surface area contributed by atoms with Crippen LogP contribution in [0, 0.1) is 0 Å². The van der Waals surface area contributed by atoms with E-state index in [1.54, 1.807) is 23.3 Å². The summed E-state index contributed by atoms with van der Waals surface area (Å²) in [4.78, 5) is 21.1. The van der Waals surface area contributed by atoms with Gasteiger partial charge in [0.25, 0.3) is 5.91 Å². The number of fused-ring (bicyclic) bond motifs is 1. The summed E-state index contributed by atoms with van der Waals surface area (Å²) in [5, 5.41) is 7.90. The van der Waals surface area contributed by atoms with Crippen LogP contribution in [0.1, 0.15) is 10.4 Å². The first kappa shape index (κ1) is 15.5. The maximum Gasteiger partial charge on any atom is 0.256 e. The van der Waals surface area contributed by atoms with Crippen molar-refractivity contribution in [3.63, 3.8) is 0 Å². The molecular formula is C18H12BrN5O. The molecule has 6 nitrogen and oxygen atoms in total. The summed E-state index contributed by atoms with van der Waals surface area (Å²) < 4.78 is 2.46. The van der Waals surface area contributed by atoms with Gasteiger partial charge in [0.2, 0.25) is 0 Å². The number of amides is 1. The number of benzene rings is 2. The second-order valence-corrected chi connectivity index (χ2v) is 6.25. The monoisotopic (exact) mass is 393 g/mol. The Hall–Kier alpha value is -3.06. The molecule has 122 valence electrons. The average molecular weight is 394 g/mol. The third-order valence-corrected chi connectivity index (χ3v) is 4.26. The lowest BCUT2D eigenvalue weighted by Gasteiger charge is -2.12. The topological polar surface area (TPSA) is 72.7 Å². The quantitative estimate of drug-likeness (QED) is 0.573. The minimum absolute atomic E-state index is 0.210. The molecule has 0 saturated carbocycles. The maximum atomic E-state index is 12.9. The van der Waals surface area contributed by atoms with E-state index in [1.807, 2.05) is 42.5 Å². The third kappa shape index (κ3) is 3.01. The number of halogens is 1.